The van der Waals surface area contributed by atoms with Crippen LogP contribution in [-0.2, 0) is 10.5 Å². The number of hydrogen-bond acceptors (Lipinski definition) is 3. The summed E-state index contributed by atoms with van der Waals surface area (Å²) < 4.78 is 43.5. The Morgan fingerprint density at radius 2 is 1.94 bits per heavy atom. The van der Waals surface area contributed by atoms with Crippen molar-refractivity contribution in [2.24, 2.45) is 0 Å². The molecule has 0 fully saturated rings. The highest BCUT2D eigenvalue weighted by Crippen LogP contribution is 2.49. The van der Waals surface area contributed by atoms with Gasteiger partial charge in [0.05, 0.1) is 5.56 Å². The smallest absolute Gasteiger partial charge is 0.346 e. The molecule has 0 spiro atoms. The molecular weight excluding hydrogens is 239 g/mol. The van der Waals surface area contributed by atoms with Gasteiger partial charge in [-0.3, -0.25) is 10.0 Å². The fourth-order valence-electron chi connectivity index (χ4n) is 1.92. The monoisotopic (exact) mass is 247 g/mol. The Balaban J connectivity index is 2.74. The molecule has 1 aliphatic heterocycles. The van der Waals surface area contributed by atoms with Crippen LogP contribution < -0.4 is 0 Å². The van der Waals surface area contributed by atoms with Crippen molar-refractivity contribution in [3.8, 4) is 0 Å². The van der Waals surface area contributed by atoms with Crippen molar-refractivity contribution < 1.29 is 27.9 Å². The molecule has 1 aliphatic rings. The summed E-state index contributed by atoms with van der Waals surface area (Å²) in [4.78, 5) is 11.5. The van der Waals surface area contributed by atoms with Gasteiger partial charge in [0, 0.05) is 12.7 Å². The van der Waals surface area contributed by atoms with E-state index in [4.69, 9.17) is 0 Å². The van der Waals surface area contributed by atoms with Crippen LogP contribution in [0.4, 0.5) is 13.2 Å². The van der Waals surface area contributed by atoms with Crippen molar-refractivity contribution >= 4 is 5.91 Å². The standard InChI is InChI=1S/C10H8F3NO3/c1-17-9(10(11,12)13)7-5-3-2-4-6(7)8(15)14(9)16/h2-5,16H,1H3/t9-/m1/s1. The average molecular weight is 247 g/mol. The average Bonchev–Trinajstić information content (AvgIpc) is 2.49. The summed E-state index contributed by atoms with van der Waals surface area (Å²) >= 11 is 0. The predicted octanol–water partition coefficient (Wildman–Crippen LogP) is 1.89. The number of fused-ring (bicyclic) bond motifs is 1. The predicted molar refractivity (Wildman–Crippen MR) is 49.1 cm³/mol. The number of methoxy groups -OCH3 is 1. The van der Waals surface area contributed by atoms with Crippen LogP contribution in [-0.4, -0.2) is 29.5 Å². The van der Waals surface area contributed by atoms with Crippen molar-refractivity contribution in [2.45, 2.75) is 11.9 Å². The highest BCUT2D eigenvalue weighted by molar-refractivity contribution is 5.99. The van der Waals surface area contributed by atoms with Gasteiger partial charge in [0.2, 0.25) is 0 Å². The van der Waals surface area contributed by atoms with Crippen LogP contribution in [0, 0.1) is 0 Å². The molecule has 0 unspecified atom stereocenters. The van der Waals surface area contributed by atoms with Crippen LogP contribution >= 0.6 is 0 Å². The van der Waals surface area contributed by atoms with Crippen LogP contribution in [0.1, 0.15) is 15.9 Å². The Morgan fingerprint density at radius 3 is 2.47 bits per heavy atom. The number of nitrogens with zero attached hydrogens (tertiary/aromatic N) is 1. The van der Waals surface area contributed by atoms with Gasteiger partial charge in [0.15, 0.2) is 0 Å². The number of ether oxygens (including phenoxy) is 1. The largest absolute Gasteiger partial charge is 0.443 e. The van der Waals surface area contributed by atoms with Gasteiger partial charge in [-0.2, -0.15) is 18.2 Å². The van der Waals surface area contributed by atoms with Gasteiger partial charge in [0.25, 0.3) is 11.6 Å². The Morgan fingerprint density at radius 1 is 1.35 bits per heavy atom. The van der Waals surface area contributed by atoms with E-state index in [0.717, 1.165) is 13.2 Å². The van der Waals surface area contributed by atoms with Gasteiger partial charge >= 0.3 is 6.18 Å². The van der Waals surface area contributed by atoms with E-state index in [0.29, 0.717) is 0 Å². The molecule has 0 aliphatic carbocycles. The van der Waals surface area contributed by atoms with E-state index in [1.807, 2.05) is 0 Å². The molecule has 1 amide bonds. The lowest BCUT2D eigenvalue weighted by Gasteiger charge is -2.34. The number of hydrogen-bond donors (Lipinski definition) is 1. The second-order valence-corrected chi connectivity index (χ2v) is 3.51. The van der Waals surface area contributed by atoms with Crippen molar-refractivity contribution in [2.75, 3.05) is 7.11 Å². The van der Waals surface area contributed by atoms with Crippen LogP contribution in [0.25, 0.3) is 0 Å². The van der Waals surface area contributed by atoms with E-state index in [9.17, 15) is 23.2 Å². The molecule has 2 rings (SSSR count). The topological polar surface area (TPSA) is 49.8 Å². The quantitative estimate of drug-likeness (QED) is 0.771. The number of carbonyl (C=O) groups is 1. The van der Waals surface area contributed by atoms with Crippen LogP contribution in [0.3, 0.4) is 0 Å². The third-order valence-corrected chi connectivity index (χ3v) is 2.69. The fraction of sp³-hybridized carbons (Fsp3) is 0.300. The van der Waals surface area contributed by atoms with E-state index < -0.39 is 28.4 Å². The summed E-state index contributed by atoms with van der Waals surface area (Å²) in [6.45, 7) is 0. The highest BCUT2D eigenvalue weighted by atomic mass is 19.4. The van der Waals surface area contributed by atoms with Crippen LogP contribution in [0.2, 0.25) is 0 Å². The Labute approximate surface area is 94.2 Å². The molecule has 1 aromatic rings. The lowest BCUT2D eigenvalue weighted by molar-refractivity contribution is -0.370. The zero-order chi connectivity index (χ0) is 12.8. The third-order valence-electron chi connectivity index (χ3n) is 2.69. The number of rotatable bonds is 1. The molecule has 0 radical (unpaired) electrons. The van der Waals surface area contributed by atoms with Gasteiger partial charge in [-0.1, -0.05) is 18.2 Å². The number of carbonyl (C=O) groups excluding carboxylic acids is 1. The van der Waals surface area contributed by atoms with E-state index >= 15 is 0 Å². The van der Waals surface area contributed by atoms with Gasteiger partial charge in [0.1, 0.15) is 0 Å². The highest BCUT2D eigenvalue weighted by Gasteiger charge is 2.67. The van der Waals surface area contributed by atoms with Gasteiger partial charge in [-0.25, -0.2) is 0 Å². The minimum absolute atomic E-state index is 0.228. The molecule has 1 heterocycles. The molecule has 7 heteroatoms. The molecule has 17 heavy (non-hydrogen) atoms. The minimum Gasteiger partial charge on any atom is -0.346 e. The number of amides is 1. The van der Waals surface area contributed by atoms with E-state index in [2.05, 4.69) is 4.74 Å². The Kier molecular flexibility index (Phi) is 2.41. The van der Waals surface area contributed by atoms with Crippen molar-refractivity contribution in [3.05, 3.63) is 35.4 Å². The maximum Gasteiger partial charge on any atom is 0.443 e. The SMILES string of the molecule is CO[C@@]1(C(F)(F)F)c2ccccc2C(=O)N1O. The molecule has 1 aromatic carbocycles. The molecule has 1 N–H and O–H groups in total. The van der Waals surface area contributed by atoms with Gasteiger partial charge < -0.3 is 4.74 Å². The van der Waals surface area contributed by atoms with Crippen molar-refractivity contribution in [1.29, 1.82) is 0 Å². The van der Waals surface area contributed by atoms with Gasteiger partial charge in [-0.05, 0) is 6.07 Å². The summed E-state index contributed by atoms with van der Waals surface area (Å²) in [5.74, 6) is -1.14. The Hall–Kier alpha value is -1.60. The van der Waals surface area contributed by atoms with Crippen LogP contribution in [0.5, 0.6) is 0 Å². The summed E-state index contributed by atoms with van der Waals surface area (Å²) in [6.07, 6.45) is -4.95. The molecular formula is C10H8F3NO3. The zero-order valence-electron chi connectivity index (χ0n) is 8.65. The number of alkyl halides is 3. The lowest BCUT2D eigenvalue weighted by Crippen LogP contribution is -2.54. The van der Waals surface area contributed by atoms with E-state index in [-0.39, 0.29) is 5.56 Å². The first kappa shape index (κ1) is 11.9. The van der Waals surface area contributed by atoms with E-state index in [1.54, 1.807) is 0 Å². The van der Waals surface area contributed by atoms with Crippen molar-refractivity contribution in [1.82, 2.24) is 5.06 Å². The molecule has 0 bridgehead atoms. The second-order valence-electron chi connectivity index (χ2n) is 3.51. The molecule has 1 atom stereocenters. The molecule has 92 valence electrons. The normalized spacial score (nSPS) is 24.1. The minimum atomic E-state index is -4.95. The van der Waals surface area contributed by atoms with Gasteiger partial charge in [-0.15, -0.1) is 0 Å². The molecule has 0 saturated carbocycles. The first-order valence-electron chi connectivity index (χ1n) is 4.61. The third kappa shape index (κ3) is 1.29. The number of halogens is 3. The molecule has 0 aromatic heterocycles. The molecule has 0 saturated heterocycles. The summed E-state index contributed by atoms with van der Waals surface area (Å²) in [5, 5.41) is 8.98. The summed E-state index contributed by atoms with van der Waals surface area (Å²) in [6, 6.07) is 5.05. The lowest BCUT2D eigenvalue weighted by atomic mass is 10.0. The zero-order valence-corrected chi connectivity index (χ0v) is 8.65. The first-order chi connectivity index (χ1) is 7.86. The number of benzene rings is 1. The van der Waals surface area contributed by atoms with E-state index in [1.165, 1.54) is 18.2 Å². The van der Waals surface area contributed by atoms with Crippen molar-refractivity contribution in [3.63, 3.8) is 0 Å². The fourth-order valence-corrected chi connectivity index (χ4v) is 1.92. The second kappa shape index (κ2) is 3.44. The molecule has 4 nitrogen and oxygen atoms in total. The maximum absolute atomic E-state index is 13.0. The number of hydroxylamine groups is 2. The van der Waals surface area contributed by atoms with Crippen LogP contribution in [0.15, 0.2) is 24.3 Å². The maximum atomic E-state index is 13.0. The Bertz CT molecular complexity index is 474. The summed E-state index contributed by atoms with van der Waals surface area (Å²) in [7, 11) is 0.784. The first-order valence-corrected chi connectivity index (χ1v) is 4.61. The summed E-state index contributed by atoms with van der Waals surface area (Å²) in [5.41, 5.74) is -3.77.